The first-order valence-electron chi connectivity index (χ1n) is 6.65. The molecule has 0 amide bonds. The molecule has 2 aromatic carbocycles. The zero-order valence-electron chi connectivity index (χ0n) is 12.3. The summed E-state index contributed by atoms with van der Waals surface area (Å²) in [5, 5.41) is 19.1. The number of benzene rings is 2. The van der Waals surface area contributed by atoms with Crippen molar-refractivity contribution in [3.63, 3.8) is 0 Å². The van der Waals surface area contributed by atoms with Crippen LogP contribution >= 0.6 is 0 Å². The Morgan fingerprint density at radius 2 is 0.960 bits per heavy atom. The highest BCUT2D eigenvalue weighted by Crippen LogP contribution is 2.59. The van der Waals surface area contributed by atoms with Crippen LogP contribution in [0.1, 0.15) is 11.1 Å². The molecule has 6 N–H and O–H groups in total. The molecule has 136 valence electrons. The minimum absolute atomic E-state index is 0.500. The molecule has 0 spiro atoms. The number of hydrogen-bond donors (Lipinski definition) is 4. The summed E-state index contributed by atoms with van der Waals surface area (Å²) in [5.41, 5.74) is 0.947. The number of phenolic OH excluding ortho intramolecular Hbond substituents is 2. The van der Waals surface area contributed by atoms with E-state index in [0.717, 1.165) is 24.3 Å². The van der Waals surface area contributed by atoms with Crippen molar-refractivity contribution in [2.45, 2.75) is 17.8 Å². The van der Waals surface area contributed by atoms with Crippen molar-refractivity contribution >= 4 is 11.4 Å². The third-order valence-corrected chi connectivity index (χ3v) is 3.82. The molecule has 0 aliphatic carbocycles. The Kier molecular flexibility index (Phi) is 4.19. The van der Waals surface area contributed by atoms with Crippen LogP contribution in [0.5, 0.6) is 11.5 Å². The molecule has 0 bridgehead atoms. The van der Waals surface area contributed by atoms with E-state index in [1.165, 1.54) is 0 Å². The summed E-state index contributed by atoms with van der Waals surface area (Å²) in [6.07, 6.45) is -11.9. The van der Waals surface area contributed by atoms with E-state index in [0.29, 0.717) is 12.1 Å². The predicted octanol–water partition coefficient (Wildman–Crippen LogP) is 3.67. The van der Waals surface area contributed by atoms with Gasteiger partial charge in [-0.05, 0) is 12.1 Å². The molecule has 0 heterocycles. The lowest BCUT2D eigenvalue weighted by atomic mass is 9.71. The zero-order chi connectivity index (χ0) is 19.2. The van der Waals surface area contributed by atoms with Crippen molar-refractivity contribution in [2.24, 2.45) is 0 Å². The van der Waals surface area contributed by atoms with Crippen molar-refractivity contribution in [2.75, 3.05) is 11.5 Å². The molecular formula is C15H12F6N2O2. The zero-order valence-corrected chi connectivity index (χ0v) is 12.3. The molecule has 0 unspecified atom stereocenters. The summed E-state index contributed by atoms with van der Waals surface area (Å²) in [6, 6.07) is 4.29. The Morgan fingerprint density at radius 1 is 0.640 bits per heavy atom. The molecule has 2 rings (SSSR count). The molecule has 0 radical (unpaired) electrons. The first kappa shape index (κ1) is 18.6. The van der Waals surface area contributed by atoms with Crippen molar-refractivity contribution in [3.05, 3.63) is 47.5 Å². The molecule has 0 saturated carbocycles. The SMILES string of the molecule is Nc1c(O)cccc1C(c1cccc(O)c1N)(C(F)(F)F)C(F)(F)F. The number of phenols is 2. The second kappa shape index (κ2) is 5.64. The minimum atomic E-state index is -5.94. The standard InChI is InChI=1S/C15H12F6N2O2/c16-14(17,18)13(15(19,20)21,7-3-1-5-9(24)11(7)22)8-4-2-6-10(25)12(8)23/h1-6,24-25H,22-23H2. The maximum Gasteiger partial charge on any atom is 0.411 e. The van der Waals surface area contributed by atoms with E-state index in [9.17, 15) is 36.6 Å². The molecule has 0 atom stereocenters. The van der Waals surface area contributed by atoms with Gasteiger partial charge in [0, 0.05) is 11.1 Å². The van der Waals surface area contributed by atoms with Gasteiger partial charge in [-0.15, -0.1) is 0 Å². The minimum Gasteiger partial charge on any atom is -0.506 e. The topological polar surface area (TPSA) is 92.5 Å². The van der Waals surface area contributed by atoms with E-state index in [4.69, 9.17) is 11.5 Å². The Bertz CT molecular complexity index is 734. The van der Waals surface area contributed by atoms with Crippen LogP contribution in [0.2, 0.25) is 0 Å². The maximum atomic E-state index is 13.9. The highest BCUT2D eigenvalue weighted by molar-refractivity contribution is 5.70. The van der Waals surface area contributed by atoms with Crippen LogP contribution in [-0.2, 0) is 5.41 Å². The van der Waals surface area contributed by atoms with Crippen LogP contribution in [0, 0.1) is 0 Å². The number of nitrogen functional groups attached to an aromatic ring is 2. The van der Waals surface area contributed by atoms with Gasteiger partial charge in [0.25, 0.3) is 0 Å². The lowest BCUT2D eigenvalue weighted by Crippen LogP contribution is -2.55. The fourth-order valence-electron chi connectivity index (χ4n) is 2.68. The van der Waals surface area contributed by atoms with Gasteiger partial charge in [0.2, 0.25) is 5.41 Å². The van der Waals surface area contributed by atoms with Crippen molar-refractivity contribution in [1.29, 1.82) is 0 Å². The third-order valence-electron chi connectivity index (χ3n) is 3.82. The average molecular weight is 366 g/mol. The monoisotopic (exact) mass is 366 g/mol. The lowest BCUT2D eigenvalue weighted by molar-refractivity contribution is -0.288. The Hall–Kier alpha value is -2.78. The quantitative estimate of drug-likeness (QED) is 0.371. The summed E-state index contributed by atoms with van der Waals surface area (Å²) in [6.45, 7) is 0. The number of rotatable bonds is 2. The number of alkyl halides is 6. The molecule has 0 aliphatic rings. The number of halogens is 6. The fourth-order valence-corrected chi connectivity index (χ4v) is 2.68. The largest absolute Gasteiger partial charge is 0.506 e. The highest BCUT2D eigenvalue weighted by Gasteiger charge is 2.74. The molecule has 4 nitrogen and oxygen atoms in total. The molecule has 25 heavy (non-hydrogen) atoms. The van der Waals surface area contributed by atoms with Crippen LogP contribution in [0.4, 0.5) is 37.7 Å². The summed E-state index contributed by atoms with van der Waals surface area (Å²) < 4.78 is 83.2. The van der Waals surface area contributed by atoms with Gasteiger partial charge in [-0.25, -0.2) is 0 Å². The number of anilines is 2. The average Bonchev–Trinajstić information content (AvgIpc) is 2.45. The summed E-state index contributed by atoms with van der Waals surface area (Å²) >= 11 is 0. The van der Waals surface area contributed by atoms with Gasteiger partial charge in [0.1, 0.15) is 11.5 Å². The van der Waals surface area contributed by atoms with E-state index < -0.39 is 51.8 Å². The number of nitrogens with two attached hydrogens (primary N) is 2. The van der Waals surface area contributed by atoms with Crippen molar-refractivity contribution in [3.8, 4) is 11.5 Å². The first-order valence-corrected chi connectivity index (χ1v) is 6.65. The van der Waals surface area contributed by atoms with Crippen LogP contribution in [-0.4, -0.2) is 22.6 Å². The highest BCUT2D eigenvalue weighted by atomic mass is 19.4. The van der Waals surface area contributed by atoms with Gasteiger partial charge >= 0.3 is 12.4 Å². The molecule has 0 aromatic heterocycles. The normalized spacial score (nSPS) is 13.0. The Morgan fingerprint density at radius 3 is 1.24 bits per heavy atom. The van der Waals surface area contributed by atoms with Gasteiger partial charge in [-0.3, -0.25) is 0 Å². The second-order valence-electron chi connectivity index (χ2n) is 5.22. The van der Waals surface area contributed by atoms with Crippen LogP contribution in [0.25, 0.3) is 0 Å². The molecule has 0 aliphatic heterocycles. The van der Waals surface area contributed by atoms with E-state index in [2.05, 4.69) is 0 Å². The van der Waals surface area contributed by atoms with Gasteiger partial charge in [0.05, 0.1) is 11.4 Å². The van der Waals surface area contributed by atoms with E-state index >= 15 is 0 Å². The Labute approximate surface area is 137 Å². The maximum absolute atomic E-state index is 13.9. The van der Waals surface area contributed by atoms with Crippen LogP contribution < -0.4 is 11.5 Å². The summed E-state index contributed by atoms with van der Waals surface area (Å²) in [5.74, 6) is -1.90. The van der Waals surface area contributed by atoms with Gasteiger partial charge in [-0.1, -0.05) is 24.3 Å². The van der Waals surface area contributed by atoms with Crippen LogP contribution in [0.15, 0.2) is 36.4 Å². The van der Waals surface area contributed by atoms with E-state index in [-0.39, 0.29) is 0 Å². The molecule has 0 saturated heterocycles. The van der Waals surface area contributed by atoms with E-state index in [1.807, 2.05) is 0 Å². The molecule has 2 aromatic rings. The number of aromatic hydroxyl groups is 2. The predicted molar refractivity (Wildman–Crippen MR) is 77.9 cm³/mol. The van der Waals surface area contributed by atoms with Gasteiger partial charge < -0.3 is 21.7 Å². The van der Waals surface area contributed by atoms with Gasteiger partial charge in [-0.2, -0.15) is 26.3 Å². The third kappa shape index (κ3) is 2.57. The summed E-state index contributed by atoms with van der Waals surface area (Å²) in [7, 11) is 0. The molecular weight excluding hydrogens is 354 g/mol. The second-order valence-corrected chi connectivity index (χ2v) is 5.22. The van der Waals surface area contributed by atoms with Crippen molar-refractivity contribution < 1.29 is 36.6 Å². The lowest BCUT2D eigenvalue weighted by Gasteiger charge is -2.39. The number of para-hydroxylation sites is 2. The van der Waals surface area contributed by atoms with Crippen LogP contribution in [0.3, 0.4) is 0 Å². The van der Waals surface area contributed by atoms with E-state index in [1.54, 1.807) is 0 Å². The Balaban J connectivity index is 3.09. The number of hydrogen-bond acceptors (Lipinski definition) is 4. The first-order chi connectivity index (χ1) is 11.4. The molecule has 0 fully saturated rings. The smallest absolute Gasteiger partial charge is 0.411 e. The van der Waals surface area contributed by atoms with Gasteiger partial charge in [0.15, 0.2) is 0 Å². The van der Waals surface area contributed by atoms with Crippen molar-refractivity contribution in [1.82, 2.24) is 0 Å². The fraction of sp³-hybridized carbons (Fsp3) is 0.200. The molecule has 10 heteroatoms. The summed E-state index contributed by atoms with van der Waals surface area (Å²) in [4.78, 5) is 0.